The predicted octanol–water partition coefficient (Wildman–Crippen LogP) is 0.637. The van der Waals surface area contributed by atoms with E-state index in [2.05, 4.69) is 5.32 Å². The number of nitrogens with two attached hydrogens (primary N) is 1. The van der Waals surface area contributed by atoms with Gasteiger partial charge in [0.2, 0.25) is 5.91 Å². The summed E-state index contributed by atoms with van der Waals surface area (Å²) in [5.41, 5.74) is 6.26. The van der Waals surface area contributed by atoms with Gasteiger partial charge >= 0.3 is 0 Å². The van der Waals surface area contributed by atoms with Gasteiger partial charge in [0.05, 0.1) is 11.1 Å². The Morgan fingerprint density at radius 3 is 2.65 bits per heavy atom. The Hall–Kier alpha value is -2.21. The van der Waals surface area contributed by atoms with Crippen LogP contribution in [0.1, 0.15) is 34.6 Å². The van der Waals surface area contributed by atoms with Crippen LogP contribution in [0.4, 0.5) is 5.69 Å². The third kappa shape index (κ3) is 2.18. The first kappa shape index (κ1) is 14.2. The molecule has 0 saturated heterocycles. The highest BCUT2D eigenvalue weighted by atomic mass is 16.2. The Bertz CT molecular complexity index is 583. The first-order valence-electron chi connectivity index (χ1n) is 6.50. The van der Waals surface area contributed by atoms with Crippen LogP contribution >= 0.6 is 0 Å². The zero-order chi connectivity index (χ0) is 14.9. The molecule has 0 aliphatic carbocycles. The Labute approximate surface area is 116 Å². The van der Waals surface area contributed by atoms with Crippen molar-refractivity contribution in [3.05, 3.63) is 29.3 Å². The topological polar surface area (TPSA) is 92.5 Å². The number of nitrogen functional groups attached to an aromatic ring is 1. The second-order valence-electron chi connectivity index (χ2n) is 4.76. The summed E-state index contributed by atoms with van der Waals surface area (Å²) in [6.07, 6.45) is 0. The maximum absolute atomic E-state index is 12.3. The summed E-state index contributed by atoms with van der Waals surface area (Å²) < 4.78 is 0. The summed E-state index contributed by atoms with van der Waals surface area (Å²) in [6, 6.07) is 4.64. The van der Waals surface area contributed by atoms with E-state index in [0.717, 1.165) is 0 Å². The van der Waals surface area contributed by atoms with Crippen LogP contribution in [0, 0.1) is 5.92 Å². The standard InChI is InChI=1S/C14H17N3O3/c1-3-16-7-8(2)12(18)17-13(19)9-5-4-6-10(15)11(9)14(17)20/h4-6,8,16H,3,7,15H2,1-2H3. The Morgan fingerprint density at radius 2 is 2.05 bits per heavy atom. The molecule has 1 unspecified atom stereocenters. The highest BCUT2D eigenvalue weighted by Gasteiger charge is 2.42. The highest BCUT2D eigenvalue weighted by Crippen LogP contribution is 2.28. The quantitative estimate of drug-likeness (QED) is 0.621. The number of fused-ring (bicyclic) bond motifs is 1. The summed E-state index contributed by atoms with van der Waals surface area (Å²) in [5, 5.41) is 3.02. The molecule has 0 radical (unpaired) electrons. The van der Waals surface area contributed by atoms with Crippen molar-refractivity contribution in [2.24, 2.45) is 5.92 Å². The van der Waals surface area contributed by atoms with E-state index in [9.17, 15) is 14.4 Å². The van der Waals surface area contributed by atoms with Gasteiger partial charge in [-0.1, -0.05) is 19.9 Å². The SMILES string of the molecule is CCNCC(C)C(=O)N1C(=O)c2cccc(N)c2C1=O. The van der Waals surface area contributed by atoms with Crippen LogP contribution in [0.3, 0.4) is 0 Å². The minimum atomic E-state index is -0.628. The van der Waals surface area contributed by atoms with Crippen molar-refractivity contribution in [2.45, 2.75) is 13.8 Å². The number of hydrogen-bond donors (Lipinski definition) is 2. The number of benzene rings is 1. The van der Waals surface area contributed by atoms with Crippen molar-refractivity contribution >= 4 is 23.4 Å². The maximum Gasteiger partial charge on any atom is 0.270 e. The lowest BCUT2D eigenvalue weighted by Crippen LogP contribution is -2.42. The van der Waals surface area contributed by atoms with Crippen LogP contribution in [0.5, 0.6) is 0 Å². The van der Waals surface area contributed by atoms with Crippen LogP contribution in [-0.4, -0.2) is 35.7 Å². The smallest absolute Gasteiger partial charge is 0.270 e. The molecule has 6 heteroatoms. The number of nitrogens with zero attached hydrogens (tertiary/aromatic N) is 1. The fourth-order valence-corrected chi connectivity index (χ4v) is 2.18. The summed E-state index contributed by atoms with van der Waals surface area (Å²) >= 11 is 0. The lowest BCUT2D eigenvalue weighted by Gasteiger charge is -2.17. The number of carbonyl (C=O) groups excluding carboxylic acids is 3. The van der Waals surface area contributed by atoms with E-state index in [1.807, 2.05) is 6.92 Å². The molecule has 1 aromatic rings. The zero-order valence-corrected chi connectivity index (χ0v) is 11.5. The van der Waals surface area contributed by atoms with Crippen LogP contribution in [0.2, 0.25) is 0 Å². The summed E-state index contributed by atoms with van der Waals surface area (Å²) in [5.74, 6) is -2.18. The van der Waals surface area contributed by atoms with Gasteiger partial charge in [-0.2, -0.15) is 0 Å². The van der Waals surface area contributed by atoms with E-state index < -0.39 is 23.6 Å². The number of anilines is 1. The Morgan fingerprint density at radius 1 is 1.35 bits per heavy atom. The first-order valence-corrected chi connectivity index (χ1v) is 6.50. The van der Waals surface area contributed by atoms with Crippen molar-refractivity contribution in [3.63, 3.8) is 0 Å². The fourth-order valence-electron chi connectivity index (χ4n) is 2.18. The molecule has 1 aromatic carbocycles. The van der Waals surface area contributed by atoms with Crippen LogP contribution in [-0.2, 0) is 4.79 Å². The molecular formula is C14H17N3O3. The number of rotatable bonds is 4. The average Bonchev–Trinajstić information content (AvgIpc) is 2.68. The number of hydrogen-bond acceptors (Lipinski definition) is 5. The fraction of sp³-hybridized carbons (Fsp3) is 0.357. The molecule has 2 rings (SSSR count). The van der Waals surface area contributed by atoms with Crippen molar-refractivity contribution in [3.8, 4) is 0 Å². The highest BCUT2D eigenvalue weighted by molar-refractivity contribution is 6.30. The molecule has 3 amide bonds. The molecule has 1 aliphatic rings. The van der Waals surface area contributed by atoms with Gasteiger partial charge in [-0.3, -0.25) is 14.4 Å². The van der Waals surface area contributed by atoms with Gasteiger partial charge in [-0.25, -0.2) is 4.90 Å². The molecule has 0 fully saturated rings. The molecule has 6 nitrogen and oxygen atoms in total. The predicted molar refractivity (Wildman–Crippen MR) is 74.1 cm³/mol. The second-order valence-corrected chi connectivity index (χ2v) is 4.76. The average molecular weight is 275 g/mol. The molecular weight excluding hydrogens is 258 g/mol. The van der Waals surface area contributed by atoms with Crippen molar-refractivity contribution in [1.82, 2.24) is 10.2 Å². The van der Waals surface area contributed by atoms with Crippen LogP contribution < -0.4 is 11.1 Å². The molecule has 0 aromatic heterocycles. The van der Waals surface area contributed by atoms with Crippen molar-refractivity contribution in [2.75, 3.05) is 18.8 Å². The van der Waals surface area contributed by atoms with Gasteiger partial charge in [0, 0.05) is 18.2 Å². The number of nitrogens with one attached hydrogen (secondary N) is 1. The van der Waals surface area contributed by atoms with E-state index in [1.165, 1.54) is 6.07 Å². The number of carbonyl (C=O) groups is 3. The molecule has 3 N–H and O–H groups in total. The van der Waals surface area contributed by atoms with Gasteiger partial charge in [0.15, 0.2) is 0 Å². The zero-order valence-electron chi connectivity index (χ0n) is 11.5. The summed E-state index contributed by atoms with van der Waals surface area (Å²) in [4.78, 5) is 37.4. The lowest BCUT2D eigenvalue weighted by atomic mass is 10.1. The lowest BCUT2D eigenvalue weighted by molar-refractivity contribution is -0.129. The van der Waals surface area contributed by atoms with Crippen molar-refractivity contribution in [1.29, 1.82) is 0 Å². The number of imide groups is 3. The van der Waals surface area contributed by atoms with E-state index in [4.69, 9.17) is 5.73 Å². The third-order valence-electron chi connectivity index (χ3n) is 3.29. The van der Waals surface area contributed by atoms with Crippen LogP contribution in [0.25, 0.3) is 0 Å². The van der Waals surface area contributed by atoms with Crippen LogP contribution in [0.15, 0.2) is 18.2 Å². The molecule has 0 spiro atoms. The van der Waals surface area contributed by atoms with E-state index >= 15 is 0 Å². The van der Waals surface area contributed by atoms with Crippen molar-refractivity contribution < 1.29 is 14.4 Å². The minimum absolute atomic E-state index is 0.126. The molecule has 20 heavy (non-hydrogen) atoms. The second kappa shape index (κ2) is 5.42. The largest absolute Gasteiger partial charge is 0.398 e. The molecule has 106 valence electrons. The Balaban J connectivity index is 2.29. The molecule has 1 atom stereocenters. The normalized spacial score (nSPS) is 15.4. The molecule has 1 heterocycles. The molecule has 1 aliphatic heterocycles. The first-order chi connectivity index (χ1) is 9.49. The van der Waals surface area contributed by atoms with E-state index in [-0.39, 0.29) is 16.8 Å². The number of amides is 3. The minimum Gasteiger partial charge on any atom is -0.398 e. The monoisotopic (exact) mass is 275 g/mol. The van der Waals surface area contributed by atoms with E-state index in [0.29, 0.717) is 18.0 Å². The maximum atomic E-state index is 12.3. The summed E-state index contributed by atoms with van der Waals surface area (Å²) in [6.45, 7) is 4.72. The Kier molecular flexibility index (Phi) is 3.85. The third-order valence-corrected chi connectivity index (χ3v) is 3.29. The van der Waals surface area contributed by atoms with Gasteiger partial charge in [0.25, 0.3) is 11.8 Å². The molecule has 0 saturated carbocycles. The van der Waals surface area contributed by atoms with Gasteiger partial charge in [-0.15, -0.1) is 0 Å². The summed E-state index contributed by atoms with van der Waals surface area (Å²) in [7, 11) is 0. The van der Waals surface area contributed by atoms with Gasteiger partial charge in [0.1, 0.15) is 0 Å². The van der Waals surface area contributed by atoms with Gasteiger partial charge in [-0.05, 0) is 18.7 Å². The molecule has 0 bridgehead atoms. The van der Waals surface area contributed by atoms with Gasteiger partial charge < -0.3 is 11.1 Å². The van der Waals surface area contributed by atoms with E-state index in [1.54, 1.807) is 19.1 Å².